The van der Waals surface area contributed by atoms with Gasteiger partial charge in [0.1, 0.15) is 0 Å². The summed E-state index contributed by atoms with van der Waals surface area (Å²) in [6, 6.07) is 0.0443. The molecule has 0 spiro atoms. The normalized spacial score (nSPS) is 23.9. The summed E-state index contributed by atoms with van der Waals surface area (Å²) in [4.78, 5) is 26.3. The van der Waals surface area contributed by atoms with Gasteiger partial charge in [-0.25, -0.2) is 0 Å². The van der Waals surface area contributed by atoms with Gasteiger partial charge in [0.15, 0.2) is 0 Å². The van der Waals surface area contributed by atoms with Gasteiger partial charge in [-0.3, -0.25) is 14.3 Å². The van der Waals surface area contributed by atoms with Crippen molar-refractivity contribution in [3.63, 3.8) is 0 Å². The summed E-state index contributed by atoms with van der Waals surface area (Å²) in [5, 5.41) is 7.38. The van der Waals surface area contributed by atoms with Crippen molar-refractivity contribution in [3.8, 4) is 0 Å². The lowest BCUT2D eigenvalue weighted by molar-refractivity contribution is -0.119. The fourth-order valence-corrected chi connectivity index (χ4v) is 3.85. The fourth-order valence-electron chi connectivity index (χ4n) is 3.85. The topological polar surface area (TPSA) is 67.2 Å². The van der Waals surface area contributed by atoms with E-state index in [0.717, 1.165) is 37.1 Å². The number of nitrogens with one attached hydrogen (secondary N) is 1. The predicted molar refractivity (Wildman–Crippen MR) is 87.0 cm³/mol. The molecule has 6 nitrogen and oxygen atoms in total. The van der Waals surface area contributed by atoms with Crippen molar-refractivity contribution in [3.05, 3.63) is 17.5 Å². The third-order valence-electron chi connectivity index (χ3n) is 5.11. The maximum absolute atomic E-state index is 12.9. The van der Waals surface area contributed by atoms with Crippen LogP contribution in [-0.4, -0.2) is 45.6 Å². The minimum absolute atomic E-state index is 0.0298. The molecule has 1 aromatic heterocycles. The van der Waals surface area contributed by atoms with Gasteiger partial charge in [0, 0.05) is 32.5 Å². The molecule has 0 radical (unpaired) electrons. The van der Waals surface area contributed by atoms with Crippen LogP contribution < -0.4 is 5.32 Å². The summed E-state index contributed by atoms with van der Waals surface area (Å²) >= 11 is 0. The van der Waals surface area contributed by atoms with Crippen LogP contribution in [0.4, 0.5) is 0 Å². The molecule has 0 unspecified atom stereocenters. The molecule has 3 heterocycles. The molecule has 6 heteroatoms. The highest BCUT2D eigenvalue weighted by atomic mass is 16.2. The third-order valence-corrected chi connectivity index (χ3v) is 5.11. The summed E-state index contributed by atoms with van der Waals surface area (Å²) in [5.41, 5.74) is 1.82. The van der Waals surface area contributed by atoms with Crippen LogP contribution in [0.5, 0.6) is 0 Å². The second kappa shape index (κ2) is 6.34. The summed E-state index contributed by atoms with van der Waals surface area (Å²) in [7, 11) is 0. The Morgan fingerprint density at radius 1 is 1.30 bits per heavy atom. The van der Waals surface area contributed by atoms with Crippen molar-refractivity contribution in [1.29, 1.82) is 0 Å². The largest absolute Gasteiger partial charge is 0.351 e. The number of aryl methyl sites for hydroxylation is 1. The van der Waals surface area contributed by atoms with E-state index >= 15 is 0 Å². The van der Waals surface area contributed by atoms with E-state index < -0.39 is 0 Å². The van der Waals surface area contributed by atoms with Gasteiger partial charge in [-0.05, 0) is 25.2 Å². The number of hydrogen-bond donors (Lipinski definition) is 1. The fraction of sp³-hybridized carbons (Fsp3) is 0.706. The van der Waals surface area contributed by atoms with Crippen LogP contribution in [0.15, 0.2) is 6.20 Å². The molecule has 0 aromatic carbocycles. The number of hydrogen-bond acceptors (Lipinski definition) is 3. The minimum atomic E-state index is -0.0298. The zero-order valence-corrected chi connectivity index (χ0v) is 14.2. The SMILES string of the molecule is CC(=O)N[C@@H]1CN(C(=O)c2cnn3c2CCCC3)C[C@H]1C(C)C. The average Bonchev–Trinajstić information content (AvgIpc) is 3.10. The Bertz CT molecular complexity index is 608. The summed E-state index contributed by atoms with van der Waals surface area (Å²) in [5.74, 6) is 0.754. The highest BCUT2D eigenvalue weighted by Crippen LogP contribution is 2.27. The van der Waals surface area contributed by atoms with Crippen LogP contribution in [0.2, 0.25) is 0 Å². The first-order valence-electron chi connectivity index (χ1n) is 8.58. The maximum Gasteiger partial charge on any atom is 0.257 e. The zero-order valence-electron chi connectivity index (χ0n) is 14.2. The highest BCUT2D eigenvalue weighted by Gasteiger charge is 2.38. The monoisotopic (exact) mass is 318 g/mol. The van der Waals surface area contributed by atoms with E-state index in [1.807, 2.05) is 9.58 Å². The molecule has 2 atom stereocenters. The molecule has 1 saturated heterocycles. The molecule has 1 N–H and O–H groups in total. The number of aromatic nitrogens is 2. The molecule has 2 amide bonds. The maximum atomic E-state index is 12.9. The Morgan fingerprint density at radius 2 is 2.09 bits per heavy atom. The molecule has 1 fully saturated rings. The minimum Gasteiger partial charge on any atom is -0.351 e. The molecule has 2 aliphatic heterocycles. The predicted octanol–water partition coefficient (Wildman–Crippen LogP) is 1.45. The van der Waals surface area contributed by atoms with Crippen molar-refractivity contribution >= 4 is 11.8 Å². The van der Waals surface area contributed by atoms with Crippen LogP contribution in [0.3, 0.4) is 0 Å². The van der Waals surface area contributed by atoms with E-state index in [4.69, 9.17) is 0 Å². The molecular formula is C17H26N4O2. The number of likely N-dealkylation sites (tertiary alicyclic amines) is 1. The van der Waals surface area contributed by atoms with Gasteiger partial charge in [-0.15, -0.1) is 0 Å². The van der Waals surface area contributed by atoms with Gasteiger partial charge in [-0.1, -0.05) is 13.8 Å². The van der Waals surface area contributed by atoms with Crippen LogP contribution in [0.1, 0.15) is 49.7 Å². The molecule has 3 rings (SSSR count). The van der Waals surface area contributed by atoms with E-state index in [1.54, 1.807) is 6.20 Å². The summed E-state index contributed by atoms with van der Waals surface area (Å²) < 4.78 is 1.97. The molecule has 23 heavy (non-hydrogen) atoms. The van der Waals surface area contributed by atoms with Crippen molar-refractivity contribution in [2.24, 2.45) is 11.8 Å². The smallest absolute Gasteiger partial charge is 0.257 e. The summed E-state index contributed by atoms with van der Waals surface area (Å²) in [6.07, 6.45) is 4.90. The average molecular weight is 318 g/mol. The van der Waals surface area contributed by atoms with E-state index in [9.17, 15) is 9.59 Å². The highest BCUT2D eigenvalue weighted by molar-refractivity contribution is 5.95. The molecule has 0 saturated carbocycles. The van der Waals surface area contributed by atoms with Crippen molar-refractivity contribution in [2.75, 3.05) is 13.1 Å². The van der Waals surface area contributed by atoms with E-state index in [-0.39, 0.29) is 17.9 Å². The molecule has 0 aliphatic carbocycles. The Labute approximate surface area is 137 Å². The molecule has 2 aliphatic rings. The van der Waals surface area contributed by atoms with Gasteiger partial charge >= 0.3 is 0 Å². The number of nitrogens with zero attached hydrogens (tertiary/aromatic N) is 3. The number of carbonyl (C=O) groups excluding carboxylic acids is 2. The van der Waals surface area contributed by atoms with Crippen LogP contribution in [-0.2, 0) is 17.8 Å². The lowest BCUT2D eigenvalue weighted by atomic mass is 9.91. The van der Waals surface area contributed by atoms with Gasteiger partial charge in [0.05, 0.1) is 23.5 Å². The van der Waals surface area contributed by atoms with Crippen molar-refractivity contribution in [1.82, 2.24) is 20.0 Å². The van der Waals surface area contributed by atoms with Crippen LogP contribution in [0.25, 0.3) is 0 Å². The van der Waals surface area contributed by atoms with Gasteiger partial charge in [-0.2, -0.15) is 5.10 Å². The van der Waals surface area contributed by atoms with Gasteiger partial charge < -0.3 is 10.2 Å². The Kier molecular flexibility index (Phi) is 4.41. The number of carbonyl (C=O) groups is 2. The lowest BCUT2D eigenvalue weighted by Gasteiger charge is -2.21. The van der Waals surface area contributed by atoms with Crippen molar-refractivity contribution in [2.45, 2.75) is 52.6 Å². The standard InChI is InChI=1S/C17H26N4O2/c1-11(2)14-9-20(10-15(14)19-12(3)22)17(23)13-8-18-21-7-5-4-6-16(13)21/h8,11,14-15H,4-7,9-10H2,1-3H3,(H,19,22)/t14-,15+/m0/s1. The van der Waals surface area contributed by atoms with E-state index in [0.29, 0.717) is 24.9 Å². The van der Waals surface area contributed by atoms with Gasteiger partial charge in [0.25, 0.3) is 5.91 Å². The quantitative estimate of drug-likeness (QED) is 0.917. The van der Waals surface area contributed by atoms with E-state index in [2.05, 4.69) is 24.3 Å². The molecule has 1 aromatic rings. The number of amides is 2. The third kappa shape index (κ3) is 3.12. The first kappa shape index (κ1) is 16.0. The second-order valence-corrected chi connectivity index (χ2v) is 7.11. The Hall–Kier alpha value is -1.85. The first-order chi connectivity index (χ1) is 11.0. The first-order valence-corrected chi connectivity index (χ1v) is 8.58. The Balaban J connectivity index is 1.78. The summed E-state index contributed by atoms with van der Waals surface area (Å²) in [6.45, 7) is 8.03. The zero-order chi connectivity index (χ0) is 16.6. The van der Waals surface area contributed by atoms with Crippen LogP contribution >= 0.6 is 0 Å². The van der Waals surface area contributed by atoms with Crippen molar-refractivity contribution < 1.29 is 9.59 Å². The number of rotatable bonds is 3. The second-order valence-electron chi connectivity index (χ2n) is 7.11. The van der Waals surface area contributed by atoms with E-state index in [1.165, 1.54) is 6.92 Å². The van der Waals surface area contributed by atoms with Gasteiger partial charge in [0.2, 0.25) is 5.91 Å². The number of fused-ring (bicyclic) bond motifs is 1. The molecule has 0 bridgehead atoms. The Morgan fingerprint density at radius 3 is 2.78 bits per heavy atom. The molecule has 126 valence electrons. The molecular weight excluding hydrogens is 292 g/mol. The lowest BCUT2D eigenvalue weighted by Crippen LogP contribution is -2.41. The van der Waals surface area contributed by atoms with Crippen LogP contribution in [0, 0.1) is 11.8 Å².